The van der Waals surface area contributed by atoms with Crippen molar-refractivity contribution in [1.82, 2.24) is 15.3 Å². The van der Waals surface area contributed by atoms with Crippen LogP contribution in [0.25, 0.3) is 0 Å². The Kier molecular flexibility index (Phi) is 6.28. The number of aromatic nitrogens is 2. The Labute approximate surface area is 184 Å². The van der Waals surface area contributed by atoms with Gasteiger partial charge in [-0.1, -0.05) is 29.8 Å². The number of nitrogens with one attached hydrogen (secondary N) is 2. The van der Waals surface area contributed by atoms with Crippen molar-refractivity contribution < 1.29 is 14.3 Å². The predicted molar refractivity (Wildman–Crippen MR) is 117 cm³/mol. The number of carbonyl (C=O) groups is 2. The topological polar surface area (TPSA) is 96.4 Å². The highest BCUT2D eigenvalue weighted by atomic mass is 35.5. The van der Waals surface area contributed by atoms with E-state index in [0.717, 1.165) is 5.69 Å². The van der Waals surface area contributed by atoms with E-state index in [9.17, 15) is 9.59 Å². The summed E-state index contributed by atoms with van der Waals surface area (Å²) in [5.74, 6) is 0.678. The van der Waals surface area contributed by atoms with Crippen LogP contribution in [0, 0.1) is 0 Å². The molecule has 158 valence electrons. The average Bonchev–Trinajstić information content (AvgIpc) is 2.80. The van der Waals surface area contributed by atoms with E-state index in [0.29, 0.717) is 34.4 Å². The lowest BCUT2D eigenvalue weighted by atomic mass is 10.2. The first-order chi connectivity index (χ1) is 15.1. The second-order valence-corrected chi connectivity index (χ2v) is 7.19. The molecule has 2 amide bonds. The molecule has 0 bridgehead atoms. The summed E-state index contributed by atoms with van der Waals surface area (Å²) in [6, 6.07) is 14.3. The molecule has 0 saturated heterocycles. The summed E-state index contributed by atoms with van der Waals surface area (Å²) in [6.07, 6.45) is 3.15. The van der Waals surface area contributed by atoms with Crippen LogP contribution in [0.5, 0.6) is 5.75 Å². The van der Waals surface area contributed by atoms with E-state index >= 15 is 0 Å². The number of halogens is 1. The third-order valence-corrected chi connectivity index (χ3v) is 4.97. The molecule has 0 fully saturated rings. The maximum absolute atomic E-state index is 12.6. The van der Waals surface area contributed by atoms with Crippen LogP contribution in [-0.2, 0) is 11.3 Å². The number of amides is 2. The minimum absolute atomic E-state index is 0.120. The van der Waals surface area contributed by atoms with Gasteiger partial charge in [0.1, 0.15) is 12.4 Å². The molecule has 0 atom stereocenters. The van der Waals surface area contributed by atoms with Gasteiger partial charge in [0.15, 0.2) is 5.82 Å². The summed E-state index contributed by atoms with van der Waals surface area (Å²) in [5.41, 5.74) is 1.64. The monoisotopic (exact) mass is 437 g/mol. The molecule has 0 radical (unpaired) electrons. The summed E-state index contributed by atoms with van der Waals surface area (Å²) < 4.78 is 5.58. The molecule has 8 nitrogen and oxygen atoms in total. The highest BCUT2D eigenvalue weighted by molar-refractivity contribution is 6.32. The molecule has 31 heavy (non-hydrogen) atoms. The SMILES string of the molecule is O=C(NCCOc1ccccc1Cl)c1cnc2c(c1)N(Cc1ccccn1)C(=O)CN2. The van der Waals surface area contributed by atoms with Crippen molar-refractivity contribution in [2.75, 3.05) is 29.9 Å². The third-order valence-electron chi connectivity index (χ3n) is 4.66. The van der Waals surface area contributed by atoms with Crippen LogP contribution < -0.4 is 20.3 Å². The molecule has 2 aromatic heterocycles. The Morgan fingerprint density at radius 1 is 1.19 bits per heavy atom. The zero-order valence-corrected chi connectivity index (χ0v) is 17.3. The molecule has 1 aromatic carbocycles. The summed E-state index contributed by atoms with van der Waals surface area (Å²) in [7, 11) is 0. The standard InChI is InChI=1S/C22H20ClN5O3/c23-17-6-1-2-7-19(17)31-10-9-25-22(30)15-11-18-21(26-12-15)27-13-20(29)28(18)14-16-5-3-4-8-24-16/h1-8,11-12H,9-10,13-14H2,(H,25,30)(H,26,27). The van der Waals surface area contributed by atoms with Crippen LogP contribution in [0.4, 0.5) is 11.5 Å². The van der Waals surface area contributed by atoms with Gasteiger partial charge < -0.3 is 20.3 Å². The summed E-state index contributed by atoms with van der Waals surface area (Å²) in [6.45, 7) is 0.986. The number of nitrogens with zero attached hydrogens (tertiary/aromatic N) is 3. The van der Waals surface area contributed by atoms with Gasteiger partial charge in [0.25, 0.3) is 5.91 Å². The molecule has 2 N–H and O–H groups in total. The first-order valence-electron chi connectivity index (χ1n) is 9.71. The largest absolute Gasteiger partial charge is 0.490 e. The number of rotatable bonds is 7. The Hall–Kier alpha value is -3.65. The van der Waals surface area contributed by atoms with Crippen LogP contribution >= 0.6 is 11.6 Å². The van der Waals surface area contributed by atoms with Crippen LogP contribution in [0.1, 0.15) is 16.1 Å². The van der Waals surface area contributed by atoms with Crippen molar-refractivity contribution in [3.63, 3.8) is 0 Å². The number of para-hydroxylation sites is 1. The van der Waals surface area contributed by atoms with E-state index in [1.165, 1.54) is 6.20 Å². The van der Waals surface area contributed by atoms with Crippen LogP contribution in [0.3, 0.4) is 0 Å². The lowest BCUT2D eigenvalue weighted by Gasteiger charge is -2.29. The third kappa shape index (κ3) is 4.92. The van der Waals surface area contributed by atoms with E-state index in [2.05, 4.69) is 20.6 Å². The van der Waals surface area contributed by atoms with Gasteiger partial charge in [-0.15, -0.1) is 0 Å². The van der Waals surface area contributed by atoms with Crippen molar-refractivity contribution in [2.24, 2.45) is 0 Å². The number of hydrogen-bond donors (Lipinski definition) is 2. The van der Waals surface area contributed by atoms with Crippen molar-refractivity contribution in [1.29, 1.82) is 0 Å². The first-order valence-corrected chi connectivity index (χ1v) is 10.1. The summed E-state index contributed by atoms with van der Waals surface area (Å²) in [5, 5.41) is 6.28. The Morgan fingerprint density at radius 3 is 2.84 bits per heavy atom. The van der Waals surface area contributed by atoms with Gasteiger partial charge in [-0.2, -0.15) is 0 Å². The maximum Gasteiger partial charge on any atom is 0.253 e. The number of carbonyl (C=O) groups excluding carboxylic acids is 2. The molecule has 0 saturated carbocycles. The zero-order chi connectivity index (χ0) is 21.6. The first kappa shape index (κ1) is 20.6. The molecule has 3 aromatic rings. The fourth-order valence-electron chi connectivity index (χ4n) is 3.12. The molecular formula is C22H20ClN5O3. The molecule has 1 aliphatic rings. The van der Waals surface area contributed by atoms with E-state index < -0.39 is 0 Å². The minimum atomic E-state index is -0.311. The summed E-state index contributed by atoms with van der Waals surface area (Å²) >= 11 is 6.05. The molecule has 4 rings (SSSR count). The van der Waals surface area contributed by atoms with Gasteiger partial charge in [-0.3, -0.25) is 14.6 Å². The Balaban J connectivity index is 1.42. The van der Waals surface area contributed by atoms with Crippen LogP contribution in [0.2, 0.25) is 5.02 Å². The number of anilines is 2. The van der Waals surface area contributed by atoms with Crippen LogP contribution in [0.15, 0.2) is 60.9 Å². The molecular weight excluding hydrogens is 418 g/mol. The second kappa shape index (κ2) is 9.44. The van der Waals surface area contributed by atoms with Crippen molar-refractivity contribution in [3.05, 3.63) is 77.2 Å². The number of benzene rings is 1. The number of fused-ring (bicyclic) bond motifs is 1. The van der Waals surface area contributed by atoms with Gasteiger partial charge in [0, 0.05) is 12.4 Å². The van der Waals surface area contributed by atoms with Crippen molar-refractivity contribution in [3.8, 4) is 5.75 Å². The Morgan fingerprint density at radius 2 is 2.03 bits per heavy atom. The lowest BCUT2D eigenvalue weighted by molar-refractivity contribution is -0.117. The quantitative estimate of drug-likeness (QED) is 0.552. The van der Waals surface area contributed by atoms with E-state index in [1.54, 1.807) is 29.3 Å². The highest BCUT2D eigenvalue weighted by Crippen LogP contribution is 2.29. The van der Waals surface area contributed by atoms with Crippen molar-refractivity contribution >= 4 is 34.9 Å². The Bertz CT molecular complexity index is 1090. The van der Waals surface area contributed by atoms with Gasteiger partial charge in [-0.05, 0) is 30.3 Å². The fourth-order valence-corrected chi connectivity index (χ4v) is 3.32. The predicted octanol–water partition coefficient (Wildman–Crippen LogP) is 2.90. The molecule has 9 heteroatoms. The smallest absolute Gasteiger partial charge is 0.253 e. The van der Waals surface area contributed by atoms with E-state index in [4.69, 9.17) is 16.3 Å². The lowest BCUT2D eigenvalue weighted by Crippen LogP contribution is -2.40. The molecule has 0 spiro atoms. The van der Waals surface area contributed by atoms with Crippen molar-refractivity contribution in [2.45, 2.75) is 6.54 Å². The fraction of sp³-hybridized carbons (Fsp3) is 0.182. The number of pyridine rings is 2. The number of ether oxygens (including phenoxy) is 1. The molecule has 1 aliphatic heterocycles. The maximum atomic E-state index is 12.6. The second-order valence-electron chi connectivity index (χ2n) is 6.78. The van der Waals surface area contributed by atoms with E-state index in [1.807, 2.05) is 30.3 Å². The average molecular weight is 438 g/mol. The highest BCUT2D eigenvalue weighted by Gasteiger charge is 2.26. The van der Waals surface area contributed by atoms with Gasteiger partial charge in [0.05, 0.1) is 41.6 Å². The van der Waals surface area contributed by atoms with Gasteiger partial charge >= 0.3 is 0 Å². The normalized spacial score (nSPS) is 12.7. The van der Waals surface area contributed by atoms with Crippen LogP contribution in [-0.4, -0.2) is 41.5 Å². The number of hydrogen-bond acceptors (Lipinski definition) is 6. The molecule has 0 aliphatic carbocycles. The van der Waals surface area contributed by atoms with Gasteiger partial charge in [0.2, 0.25) is 5.91 Å². The summed E-state index contributed by atoms with van der Waals surface area (Å²) in [4.78, 5) is 35.3. The van der Waals surface area contributed by atoms with E-state index in [-0.39, 0.29) is 31.5 Å². The molecule has 3 heterocycles. The zero-order valence-electron chi connectivity index (χ0n) is 16.5. The van der Waals surface area contributed by atoms with Gasteiger partial charge in [-0.25, -0.2) is 4.98 Å². The minimum Gasteiger partial charge on any atom is -0.490 e. The molecule has 0 unspecified atom stereocenters.